The van der Waals surface area contributed by atoms with Gasteiger partial charge in [-0.3, -0.25) is 0 Å². The summed E-state index contributed by atoms with van der Waals surface area (Å²) in [5.74, 6) is -0.611. The minimum atomic E-state index is -2.28. The first-order valence-electron chi connectivity index (χ1n) is 6.87. The smallest absolute Gasteiger partial charge is 0.408 e. The first kappa shape index (κ1) is 17.9. The maximum Gasteiger partial charge on any atom is 0.408 e. The van der Waals surface area contributed by atoms with Crippen LogP contribution in [0.2, 0.25) is 18.1 Å². The van der Waals surface area contributed by atoms with Gasteiger partial charge in [-0.05, 0) is 18.1 Å². The quantitative estimate of drug-likeness (QED) is 0.580. The van der Waals surface area contributed by atoms with Crippen LogP contribution in [-0.4, -0.2) is 57.5 Å². The molecule has 1 aliphatic rings. The molecule has 1 aliphatic heterocycles. The van der Waals surface area contributed by atoms with E-state index in [1.807, 2.05) is 33.9 Å². The molecule has 0 aromatic rings. The number of cyclic esters (lactones) is 1. The Hall–Kier alpha value is -1.12. The van der Waals surface area contributed by atoms with Crippen LogP contribution in [0.3, 0.4) is 0 Å². The summed E-state index contributed by atoms with van der Waals surface area (Å²) < 4.78 is 15.9. The van der Waals surface area contributed by atoms with Gasteiger partial charge in [-0.15, -0.1) is 0 Å². The molecule has 0 aromatic carbocycles. The van der Waals surface area contributed by atoms with Crippen molar-refractivity contribution in [2.75, 3.05) is 13.7 Å². The number of methoxy groups -OCH3 is 1. The van der Waals surface area contributed by atoms with Gasteiger partial charge in [-0.2, -0.15) is 0 Å². The molecule has 2 N–H and O–H groups in total. The van der Waals surface area contributed by atoms with Crippen molar-refractivity contribution in [2.45, 2.75) is 57.2 Å². The number of carbonyl (C=O) groups excluding carboxylic acids is 2. The number of hydrogen-bond donors (Lipinski definition) is 2. The van der Waals surface area contributed by atoms with E-state index in [2.05, 4.69) is 5.32 Å². The largest absolute Gasteiger partial charge is 0.467 e. The molecule has 7 nitrogen and oxygen atoms in total. The van der Waals surface area contributed by atoms with Crippen LogP contribution in [0.15, 0.2) is 0 Å². The molecule has 21 heavy (non-hydrogen) atoms. The van der Waals surface area contributed by atoms with Crippen molar-refractivity contribution in [2.24, 2.45) is 0 Å². The zero-order valence-electron chi connectivity index (χ0n) is 13.4. The maximum absolute atomic E-state index is 12.0. The lowest BCUT2D eigenvalue weighted by Gasteiger charge is -2.39. The predicted molar refractivity (Wildman–Crippen MR) is 78.4 cm³/mol. The summed E-state index contributed by atoms with van der Waals surface area (Å²) in [6, 6.07) is -0.689. The van der Waals surface area contributed by atoms with E-state index >= 15 is 0 Å². The van der Waals surface area contributed by atoms with Gasteiger partial charge in [0, 0.05) is 0 Å². The first-order valence-corrected chi connectivity index (χ1v) is 9.78. The van der Waals surface area contributed by atoms with E-state index in [1.165, 1.54) is 7.11 Å². The molecule has 1 heterocycles. The molecule has 0 bridgehead atoms. The number of nitrogens with one attached hydrogen (secondary N) is 1. The highest BCUT2D eigenvalue weighted by atomic mass is 28.4. The summed E-state index contributed by atoms with van der Waals surface area (Å²) in [5, 5.41) is 11.7. The second-order valence-electron chi connectivity index (χ2n) is 6.63. The molecule has 0 unspecified atom stereocenters. The monoisotopic (exact) mass is 319 g/mol. The van der Waals surface area contributed by atoms with Gasteiger partial charge in [0.05, 0.1) is 19.8 Å². The molecular formula is C13H25NO6Si. The van der Waals surface area contributed by atoms with Crippen LogP contribution in [0.4, 0.5) is 4.79 Å². The fourth-order valence-electron chi connectivity index (χ4n) is 1.76. The van der Waals surface area contributed by atoms with Crippen molar-refractivity contribution >= 4 is 20.4 Å². The summed E-state index contributed by atoms with van der Waals surface area (Å²) in [5.41, 5.74) is 0. The number of carbonyl (C=O) groups is 2. The highest BCUT2D eigenvalue weighted by Gasteiger charge is 2.49. The van der Waals surface area contributed by atoms with E-state index in [1.54, 1.807) is 0 Å². The third-order valence-corrected chi connectivity index (χ3v) is 8.55. The summed E-state index contributed by atoms with van der Waals surface area (Å²) in [6.45, 7) is 9.74. The summed E-state index contributed by atoms with van der Waals surface area (Å²) in [4.78, 5) is 23.4. The topological polar surface area (TPSA) is 94.1 Å². The Morgan fingerprint density at radius 2 is 2.05 bits per heavy atom. The van der Waals surface area contributed by atoms with Gasteiger partial charge in [-0.25, -0.2) is 9.59 Å². The van der Waals surface area contributed by atoms with E-state index in [-0.39, 0.29) is 11.6 Å². The normalized spacial score (nSPS) is 24.2. The molecule has 0 spiro atoms. The molecule has 0 saturated carbocycles. The standard InChI is InChI=1S/C13H25NO6Si/c1-13(2,3)21(5,6)20-10(11(16)18-4)9-8(7-15)14-12(17)19-9/h8-10,15H,7H2,1-6H3,(H,14,17)/t8-,9+,10-/m1/s1. The van der Waals surface area contributed by atoms with Crippen molar-refractivity contribution in [3.63, 3.8) is 0 Å². The first-order chi connectivity index (χ1) is 9.53. The summed E-state index contributed by atoms with van der Waals surface area (Å²) in [6.07, 6.45) is -2.62. The Kier molecular flexibility index (Phi) is 5.40. The average Bonchev–Trinajstić information content (AvgIpc) is 2.74. The molecule has 1 rings (SSSR count). The number of esters is 1. The predicted octanol–water partition coefficient (Wildman–Crippen LogP) is 1.02. The molecule has 0 aliphatic carbocycles. The molecule has 1 amide bonds. The fraction of sp³-hybridized carbons (Fsp3) is 0.846. The second-order valence-corrected chi connectivity index (χ2v) is 11.4. The number of aliphatic hydroxyl groups is 1. The molecular weight excluding hydrogens is 294 g/mol. The third kappa shape index (κ3) is 3.95. The SMILES string of the molecule is COC(=O)[C@H](O[Si](C)(C)C(C)(C)C)[C@H]1OC(=O)N[C@@H]1CO. The van der Waals surface area contributed by atoms with E-state index < -0.39 is 38.6 Å². The maximum atomic E-state index is 12.0. The van der Waals surface area contributed by atoms with Crippen LogP contribution < -0.4 is 5.32 Å². The molecule has 3 atom stereocenters. The van der Waals surface area contributed by atoms with Crippen molar-refractivity contribution in [1.29, 1.82) is 0 Å². The van der Waals surface area contributed by atoms with Gasteiger partial charge in [-0.1, -0.05) is 20.8 Å². The van der Waals surface area contributed by atoms with Crippen LogP contribution in [0.25, 0.3) is 0 Å². The van der Waals surface area contributed by atoms with Gasteiger partial charge in [0.25, 0.3) is 0 Å². The minimum absolute atomic E-state index is 0.121. The number of amides is 1. The Morgan fingerprint density at radius 1 is 1.48 bits per heavy atom. The minimum Gasteiger partial charge on any atom is -0.467 e. The van der Waals surface area contributed by atoms with Crippen molar-refractivity contribution in [1.82, 2.24) is 5.32 Å². The number of aliphatic hydroxyl groups excluding tert-OH is 1. The number of hydrogen-bond acceptors (Lipinski definition) is 6. The Balaban J connectivity index is 3.02. The van der Waals surface area contributed by atoms with Gasteiger partial charge < -0.3 is 24.3 Å². The van der Waals surface area contributed by atoms with Crippen LogP contribution >= 0.6 is 0 Å². The van der Waals surface area contributed by atoms with E-state index in [4.69, 9.17) is 13.9 Å². The number of alkyl carbamates (subject to hydrolysis) is 1. The lowest BCUT2D eigenvalue weighted by Crippen LogP contribution is -2.54. The Labute approximate surface area is 126 Å². The fourth-order valence-corrected chi connectivity index (χ4v) is 2.97. The third-order valence-electron chi connectivity index (χ3n) is 4.10. The lowest BCUT2D eigenvalue weighted by atomic mass is 10.1. The van der Waals surface area contributed by atoms with Gasteiger partial charge in [0.1, 0.15) is 0 Å². The van der Waals surface area contributed by atoms with Gasteiger partial charge >= 0.3 is 12.1 Å². The Morgan fingerprint density at radius 3 is 2.48 bits per heavy atom. The van der Waals surface area contributed by atoms with Crippen molar-refractivity contribution in [3.8, 4) is 0 Å². The second kappa shape index (κ2) is 6.33. The Bertz CT molecular complexity index is 406. The van der Waals surface area contributed by atoms with E-state index in [0.29, 0.717) is 0 Å². The summed E-state index contributed by atoms with van der Waals surface area (Å²) >= 11 is 0. The molecule has 1 fully saturated rings. The van der Waals surface area contributed by atoms with Crippen molar-refractivity contribution in [3.05, 3.63) is 0 Å². The van der Waals surface area contributed by atoms with Crippen LogP contribution in [0.1, 0.15) is 20.8 Å². The highest BCUT2D eigenvalue weighted by molar-refractivity contribution is 6.74. The van der Waals surface area contributed by atoms with E-state index in [0.717, 1.165) is 0 Å². The zero-order chi connectivity index (χ0) is 16.4. The lowest BCUT2D eigenvalue weighted by molar-refractivity contribution is -0.155. The van der Waals surface area contributed by atoms with Crippen molar-refractivity contribution < 1.29 is 28.6 Å². The molecule has 8 heteroatoms. The van der Waals surface area contributed by atoms with Crippen LogP contribution in [0.5, 0.6) is 0 Å². The zero-order valence-corrected chi connectivity index (χ0v) is 14.4. The van der Waals surface area contributed by atoms with Gasteiger partial charge in [0.15, 0.2) is 20.5 Å². The summed E-state index contributed by atoms with van der Waals surface area (Å²) in [7, 11) is -1.03. The van der Waals surface area contributed by atoms with Crippen LogP contribution in [0, 0.1) is 0 Å². The van der Waals surface area contributed by atoms with Crippen LogP contribution in [-0.2, 0) is 18.7 Å². The highest BCUT2D eigenvalue weighted by Crippen LogP contribution is 2.38. The number of rotatable bonds is 5. The molecule has 122 valence electrons. The number of ether oxygens (including phenoxy) is 2. The van der Waals surface area contributed by atoms with Gasteiger partial charge in [0.2, 0.25) is 0 Å². The van der Waals surface area contributed by atoms with E-state index in [9.17, 15) is 14.7 Å². The molecule has 0 aromatic heterocycles. The molecule has 1 saturated heterocycles. The average molecular weight is 319 g/mol. The molecule has 0 radical (unpaired) electrons.